The van der Waals surface area contributed by atoms with Crippen LogP contribution in [0.1, 0.15) is 37.3 Å². The van der Waals surface area contributed by atoms with Crippen LogP contribution < -0.4 is 5.32 Å². The van der Waals surface area contributed by atoms with E-state index in [0.29, 0.717) is 12.1 Å². The zero-order valence-corrected chi connectivity index (χ0v) is 10.0. The van der Waals surface area contributed by atoms with Gasteiger partial charge in [0.2, 0.25) is 0 Å². The van der Waals surface area contributed by atoms with Crippen molar-refractivity contribution in [1.82, 2.24) is 5.32 Å². The van der Waals surface area contributed by atoms with Gasteiger partial charge in [-0.15, -0.1) is 11.8 Å². The standard InChI is InChI=1S/C13H16FNS/c14-9-3-6-11-12(15-10-4-5-10)2-1-7-16-13(11)8-9/h3,6,8,10,12,15H,1-2,4-5,7H2. The third kappa shape index (κ3) is 2.25. The van der Waals surface area contributed by atoms with Crippen molar-refractivity contribution in [3.05, 3.63) is 29.6 Å². The monoisotopic (exact) mass is 237 g/mol. The predicted octanol–water partition coefficient (Wildman–Crippen LogP) is 3.50. The van der Waals surface area contributed by atoms with Crippen LogP contribution >= 0.6 is 11.8 Å². The minimum Gasteiger partial charge on any atom is -0.307 e. The summed E-state index contributed by atoms with van der Waals surface area (Å²) >= 11 is 1.79. The van der Waals surface area contributed by atoms with Crippen molar-refractivity contribution in [1.29, 1.82) is 0 Å². The lowest BCUT2D eigenvalue weighted by molar-refractivity contribution is 0.489. The van der Waals surface area contributed by atoms with Gasteiger partial charge in [0.25, 0.3) is 0 Å². The first-order chi connectivity index (χ1) is 7.83. The summed E-state index contributed by atoms with van der Waals surface area (Å²) in [6.07, 6.45) is 5.01. The van der Waals surface area contributed by atoms with E-state index in [1.807, 2.05) is 6.07 Å². The highest BCUT2D eigenvalue weighted by molar-refractivity contribution is 7.99. The molecule has 86 valence electrons. The first kappa shape index (κ1) is 10.6. The fourth-order valence-corrected chi connectivity index (χ4v) is 3.36. The van der Waals surface area contributed by atoms with Crippen LogP contribution in [-0.2, 0) is 0 Å². The summed E-state index contributed by atoms with van der Waals surface area (Å²) in [7, 11) is 0. The van der Waals surface area contributed by atoms with E-state index in [-0.39, 0.29) is 5.82 Å². The van der Waals surface area contributed by atoms with E-state index < -0.39 is 0 Å². The average Bonchev–Trinajstić information content (AvgIpc) is 3.07. The maximum atomic E-state index is 13.2. The number of hydrogen-bond acceptors (Lipinski definition) is 2. The van der Waals surface area contributed by atoms with Crippen LogP contribution in [-0.4, -0.2) is 11.8 Å². The molecule has 3 rings (SSSR count). The van der Waals surface area contributed by atoms with E-state index in [9.17, 15) is 4.39 Å². The molecule has 2 aliphatic rings. The molecule has 0 amide bonds. The normalized spacial score (nSPS) is 24.9. The van der Waals surface area contributed by atoms with Crippen LogP contribution in [0.4, 0.5) is 4.39 Å². The Kier molecular flexibility index (Phi) is 2.90. The van der Waals surface area contributed by atoms with Gasteiger partial charge in [0, 0.05) is 17.0 Å². The minimum absolute atomic E-state index is 0.113. The van der Waals surface area contributed by atoms with Gasteiger partial charge in [-0.25, -0.2) is 4.39 Å². The van der Waals surface area contributed by atoms with E-state index in [1.54, 1.807) is 23.9 Å². The molecule has 1 fully saturated rings. The largest absolute Gasteiger partial charge is 0.307 e. The van der Waals surface area contributed by atoms with Gasteiger partial charge in [-0.1, -0.05) is 6.07 Å². The molecule has 1 aromatic rings. The zero-order valence-electron chi connectivity index (χ0n) is 9.21. The molecule has 1 heterocycles. The van der Waals surface area contributed by atoms with Gasteiger partial charge in [0.1, 0.15) is 5.82 Å². The van der Waals surface area contributed by atoms with Gasteiger partial charge < -0.3 is 5.32 Å². The fourth-order valence-electron chi connectivity index (χ4n) is 2.25. The maximum Gasteiger partial charge on any atom is 0.124 e. The van der Waals surface area contributed by atoms with Gasteiger partial charge >= 0.3 is 0 Å². The second-order valence-electron chi connectivity index (χ2n) is 4.67. The topological polar surface area (TPSA) is 12.0 Å². The highest BCUT2D eigenvalue weighted by atomic mass is 32.2. The van der Waals surface area contributed by atoms with Gasteiger partial charge in [-0.3, -0.25) is 0 Å². The minimum atomic E-state index is -0.113. The Morgan fingerprint density at radius 2 is 2.12 bits per heavy atom. The number of benzene rings is 1. The molecule has 1 aromatic carbocycles. The number of halogens is 1. The Hall–Kier alpha value is -0.540. The van der Waals surface area contributed by atoms with Crippen molar-refractivity contribution in [3.63, 3.8) is 0 Å². The van der Waals surface area contributed by atoms with E-state index >= 15 is 0 Å². The summed E-state index contributed by atoms with van der Waals surface area (Å²) in [5.41, 5.74) is 1.30. The third-order valence-electron chi connectivity index (χ3n) is 3.26. The molecule has 1 aliphatic heterocycles. The molecule has 1 saturated carbocycles. The highest BCUT2D eigenvalue weighted by Crippen LogP contribution is 2.37. The number of nitrogens with one attached hydrogen (secondary N) is 1. The number of hydrogen-bond donors (Lipinski definition) is 1. The lowest BCUT2D eigenvalue weighted by Crippen LogP contribution is -2.23. The molecule has 16 heavy (non-hydrogen) atoms. The van der Waals surface area contributed by atoms with Crippen LogP contribution in [0.5, 0.6) is 0 Å². The molecule has 1 nitrogen and oxygen atoms in total. The maximum absolute atomic E-state index is 13.2. The van der Waals surface area contributed by atoms with Gasteiger partial charge in [-0.2, -0.15) is 0 Å². The van der Waals surface area contributed by atoms with Crippen molar-refractivity contribution >= 4 is 11.8 Å². The smallest absolute Gasteiger partial charge is 0.124 e. The zero-order chi connectivity index (χ0) is 11.0. The van der Waals surface area contributed by atoms with E-state index in [4.69, 9.17) is 0 Å². The predicted molar refractivity (Wildman–Crippen MR) is 65.3 cm³/mol. The van der Waals surface area contributed by atoms with Crippen LogP contribution in [0.15, 0.2) is 23.1 Å². The van der Waals surface area contributed by atoms with Crippen LogP contribution in [0.2, 0.25) is 0 Å². The number of rotatable bonds is 2. The highest BCUT2D eigenvalue weighted by Gasteiger charge is 2.27. The molecular formula is C13H16FNS. The molecule has 3 heteroatoms. The second-order valence-corrected chi connectivity index (χ2v) is 5.80. The summed E-state index contributed by atoms with van der Waals surface area (Å²) < 4.78 is 13.2. The lowest BCUT2D eigenvalue weighted by Gasteiger charge is -2.18. The molecule has 0 spiro atoms. The van der Waals surface area contributed by atoms with E-state index in [0.717, 1.165) is 10.6 Å². The molecule has 1 aliphatic carbocycles. The summed E-state index contributed by atoms with van der Waals surface area (Å²) in [4.78, 5) is 1.13. The first-order valence-corrected chi connectivity index (χ1v) is 7.00. The molecular weight excluding hydrogens is 221 g/mol. The van der Waals surface area contributed by atoms with Crippen LogP contribution in [0.3, 0.4) is 0 Å². The summed E-state index contributed by atoms with van der Waals surface area (Å²) in [5.74, 6) is 0.998. The van der Waals surface area contributed by atoms with Crippen molar-refractivity contribution in [2.45, 2.75) is 42.7 Å². The molecule has 0 saturated heterocycles. The molecule has 0 bridgehead atoms. The van der Waals surface area contributed by atoms with E-state index in [1.165, 1.54) is 31.2 Å². The average molecular weight is 237 g/mol. The van der Waals surface area contributed by atoms with Gasteiger partial charge in [0.05, 0.1) is 0 Å². The number of thioether (sulfide) groups is 1. The van der Waals surface area contributed by atoms with Crippen molar-refractivity contribution in [3.8, 4) is 0 Å². The Morgan fingerprint density at radius 1 is 1.25 bits per heavy atom. The Morgan fingerprint density at radius 3 is 2.94 bits per heavy atom. The molecule has 1 unspecified atom stereocenters. The Bertz CT molecular complexity index is 390. The molecule has 0 aromatic heterocycles. The van der Waals surface area contributed by atoms with Crippen LogP contribution in [0, 0.1) is 5.82 Å². The van der Waals surface area contributed by atoms with Gasteiger partial charge in [0.15, 0.2) is 0 Å². The SMILES string of the molecule is Fc1ccc2c(c1)SCCCC2NC1CC1. The number of fused-ring (bicyclic) bond motifs is 1. The second kappa shape index (κ2) is 4.38. The lowest BCUT2D eigenvalue weighted by atomic mass is 10.0. The van der Waals surface area contributed by atoms with Crippen molar-refractivity contribution in [2.24, 2.45) is 0 Å². The molecule has 1 N–H and O–H groups in total. The van der Waals surface area contributed by atoms with Gasteiger partial charge in [-0.05, 0) is 49.1 Å². The quantitative estimate of drug-likeness (QED) is 0.845. The summed E-state index contributed by atoms with van der Waals surface area (Å²) in [6.45, 7) is 0. The van der Waals surface area contributed by atoms with Crippen LogP contribution in [0.25, 0.3) is 0 Å². The Labute approximate surface area is 99.8 Å². The molecule has 1 atom stereocenters. The fraction of sp³-hybridized carbons (Fsp3) is 0.538. The van der Waals surface area contributed by atoms with Crippen molar-refractivity contribution in [2.75, 3.05) is 5.75 Å². The molecule has 0 radical (unpaired) electrons. The third-order valence-corrected chi connectivity index (χ3v) is 4.42. The Balaban J connectivity index is 1.89. The summed E-state index contributed by atoms with van der Waals surface area (Å²) in [5, 5.41) is 3.67. The van der Waals surface area contributed by atoms with E-state index in [2.05, 4.69) is 5.32 Å². The van der Waals surface area contributed by atoms with Crippen molar-refractivity contribution < 1.29 is 4.39 Å². The summed E-state index contributed by atoms with van der Waals surface area (Å²) in [6, 6.07) is 6.39. The first-order valence-electron chi connectivity index (χ1n) is 6.01.